The van der Waals surface area contributed by atoms with E-state index < -0.39 is 16.0 Å². The summed E-state index contributed by atoms with van der Waals surface area (Å²) in [6.45, 7) is -0.115. The van der Waals surface area contributed by atoms with Gasteiger partial charge in [0.15, 0.2) is 0 Å². The van der Waals surface area contributed by atoms with Gasteiger partial charge in [0.1, 0.15) is 0 Å². The standard InChI is InChI=1S/C13H11ClN2O4S/c14-10-2-1-3-12(7-10)21(19,20)16-8-11-6-9(13(17)18)4-5-15-11/h1-7,16H,8H2,(H,17,18). The Morgan fingerprint density at radius 1 is 1.29 bits per heavy atom. The highest BCUT2D eigenvalue weighted by Crippen LogP contribution is 2.15. The molecule has 6 nitrogen and oxygen atoms in total. The number of hydrogen-bond donors (Lipinski definition) is 2. The van der Waals surface area contributed by atoms with Crippen LogP contribution >= 0.6 is 11.6 Å². The second kappa shape index (κ2) is 6.21. The van der Waals surface area contributed by atoms with Crippen LogP contribution in [-0.2, 0) is 16.6 Å². The minimum absolute atomic E-state index is 0.0318. The van der Waals surface area contributed by atoms with Crippen LogP contribution in [-0.4, -0.2) is 24.5 Å². The van der Waals surface area contributed by atoms with E-state index in [1.165, 1.54) is 36.5 Å². The maximum Gasteiger partial charge on any atom is 0.335 e. The van der Waals surface area contributed by atoms with Crippen molar-refractivity contribution in [1.29, 1.82) is 0 Å². The summed E-state index contributed by atoms with van der Waals surface area (Å²) in [5.41, 5.74) is 0.349. The minimum Gasteiger partial charge on any atom is -0.478 e. The van der Waals surface area contributed by atoms with Crippen LogP contribution in [0.1, 0.15) is 16.1 Å². The predicted molar refractivity (Wildman–Crippen MR) is 76.7 cm³/mol. The number of halogens is 1. The van der Waals surface area contributed by atoms with Crippen LogP contribution in [0.5, 0.6) is 0 Å². The number of rotatable bonds is 5. The summed E-state index contributed by atoms with van der Waals surface area (Å²) < 4.78 is 26.5. The monoisotopic (exact) mass is 326 g/mol. The zero-order valence-electron chi connectivity index (χ0n) is 10.7. The fourth-order valence-electron chi connectivity index (χ4n) is 1.59. The van der Waals surface area contributed by atoms with Crippen molar-refractivity contribution in [1.82, 2.24) is 9.71 Å². The molecule has 0 aliphatic heterocycles. The first-order chi connectivity index (χ1) is 9.88. The fourth-order valence-corrected chi connectivity index (χ4v) is 2.89. The lowest BCUT2D eigenvalue weighted by Gasteiger charge is -2.07. The van der Waals surface area contributed by atoms with E-state index in [1.54, 1.807) is 6.07 Å². The van der Waals surface area contributed by atoms with E-state index in [0.717, 1.165) is 0 Å². The molecule has 0 spiro atoms. The largest absolute Gasteiger partial charge is 0.478 e. The first-order valence-electron chi connectivity index (χ1n) is 5.82. The van der Waals surface area contributed by atoms with Gasteiger partial charge in [-0.1, -0.05) is 17.7 Å². The van der Waals surface area contributed by atoms with Crippen LogP contribution in [0.3, 0.4) is 0 Å². The minimum atomic E-state index is -3.74. The van der Waals surface area contributed by atoms with Crippen molar-refractivity contribution < 1.29 is 18.3 Å². The summed E-state index contributed by atoms with van der Waals surface area (Å²) in [6, 6.07) is 8.47. The molecular weight excluding hydrogens is 316 g/mol. The van der Waals surface area contributed by atoms with Crippen molar-refractivity contribution in [2.45, 2.75) is 11.4 Å². The van der Waals surface area contributed by atoms with Gasteiger partial charge in [-0.15, -0.1) is 0 Å². The molecule has 0 bridgehead atoms. The number of hydrogen-bond acceptors (Lipinski definition) is 4. The second-order valence-corrected chi connectivity index (χ2v) is 6.33. The van der Waals surface area contributed by atoms with Crippen LogP contribution in [0.15, 0.2) is 47.5 Å². The number of nitrogens with zero attached hydrogens (tertiary/aromatic N) is 1. The van der Waals surface area contributed by atoms with E-state index in [2.05, 4.69) is 9.71 Å². The van der Waals surface area contributed by atoms with E-state index in [1.807, 2.05) is 0 Å². The third-order valence-electron chi connectivity index (χ3n) is 2.61. The molecule has 8 heteroatoms. The second-order valence-electron chi connectivity index (χ2n) is 4.12. The number of carbonyl (C=O) groups is 1. The molecular formula is C13H11ClN2O4S. The van der Waals surface area contributed by atoms with E-state index in [4.69, 9.17) is 16.7 Å². The van der Waals surface area contributed by atoms with Crippen molar-refractivity contribution in [3.63, 3.8) is 0 Å². The Morgan fingerprint density at radius 2 is 2.05 bits per heavy atom. The Balaban J connectivity index is 2.15. The molecule has 0 saturated heterocycles. The molecule has 2 rings (SSSR count). The summed E-state index contributed by atoms with van der Waals surface area (Å²) in [6.07, 6.45) is 1.31. The number of aromatic carboxylic acids is 1. The predicted octanol–water partition coefficient (Wildman–Crippen LogP) is 1.91. The van der Waals surface area contributed by atoms with E-state index in [-0.39, 0.29) is 17.0 Å². The van der Waals surface area contributed by atoms with E-state index in [9.17, 15) is 13.2 Å². The third kappa shape index (κ3) is 4.01. The Labute approximate surface area is 126 Å². The van der Waals surface area contributed by atoms with Crippen LogP contribution in [0.2, 0.25) is 5.02 Å². The Kier molecular flexibility index (Phi) is 4.56. The van der Waals surface area contributed by atoms with Gasteiger partial charge in [0.05, 0.1) is 22.7 Å². The van der Waals surface area contributed by atoms with Crippen molar-refractivity contribution in [3.8, 4) is 0 Å². The van der Waals surface area contributed by atoms with E-state index >= 15 is 0 Å². The molecule has 1 heterocycles. The van der Waals surface area contributed by atoms with Gasteiger partial charge in [0.25, 0.3) is 0 Å². The van der Waals surface area contributed by atoms with Crippen molar-refractivity contribution in [2.24, 2.45) is 0 Å². The van der Waals surface area contributed by atoms with Gasteiger partial charge in [0.2, 0.25) is 10.0 Å². The molecule has 0 aliphatic carbocycles. The number of carboxylic acids is 1. The molecule has 0 saturated carbocycles. The van der Waals surface area contributed by atoms with Crippen LogP contribution < -0.4 is 4.72 Å². The Morgan fingerprint density at radius 3 is 2.71 bits per heavy atom. The summed E-state index contributed by atoms with van der Waals surface area (Å²) in [5.74, 6) is -1.10. The molecule has 21 heavy (non-hydrogen) atoms. The van der Waals surface area contributed by atoms with Gasteiger partial charge >= 0.3 is 5.97 Å². The lowest BCUT2D eigenvalue weighted by molar-refractivity contribution is 0.0696. The highest BCUT2D eigenvalue weighted by molar-refractivity contribution is 7.89. The maximum atomic E-state index is 12.1. The molecule has 1 aromatic carbocycles. The molecule has 0 unspecified atom stereocenters. The number of benzene rings is 1. The average molecular weight is 327 g/mol. The zero-order chi connectivity index (χ0) is 15.5. The van der Waals surface area contributed by atoms with Gasteiger partial charge in [-0.2, -0.15) is 0 Å². The molecule has 0 atom stereocenters. The van der Waals surface area contributed by atoms with Gasteiger partial charge in [-0.3, -0.25) is 4.98 Å². The summed E-state index contributed by atoms with van der Waals surface area (Å²) in [5, 5.41) is 9.17. The zero-order valence-corrected chi connectivity index (χ0v) is 12.2. The van der Waals surface area contributed by atoms with Crippen LogP contribution in [0.4, 0.5) is 0 Å². The first-order valence-corrected chi connectivity index (χ1v) is 7.68. The highest BCUT2D eigenvalue weighted by Gasteiger charge is 2.14. The van der Waals surface area contributed by atoms with Crippen molar-refractivity contribution >= 4 is 27.6 Å². The molecule has 0 radical (unpaired) electrons. The Bertz CT molecular complexity index is 777. The number of aromatic nitrogens is 1. The van der Waals surface area contributed by atoms with Gasteiger partial charge < -0.3 is 5.11 Å². The SMILES string of the molecule is O=C(O)c1ccnc(CNS(=O)(=O)c2cccc(Cl)c2)c1. The van der Waals surface area contributed by atoms with Gasteiger partial charge in [-0.25, -0.2) is 17.9 Å². The fraction of sp³-hybridized carbons (Fsp3) is 0.0769. The third-order valence-corrected chi connectivity index (χ3v) is 4.25. The van der Waals surface area contributed by atoms with Gasteiger partial charge in [0, 0.05) is 11.2 Å². The lowest BCUT2D eigenvalue weighted by Crippen LogP contribution is -2.23. The van der Waals surface area contributed by atoms with Crippen molar-refractivity contribution in [3.05, 3.63) is 58.9 Å². The summed E-state index contributed by atoms with van der Waals surface area (Å²) >= 11 is 5.75. The molecule has 1 aromatic heterocycles. The number of pyridine rings is 1. The highest BCUT2D eigenvalue weighted by atomic mass is 35.5. The molecule has 0 aliphatic rings. The van der Waals surface area contributed by atoms with Gasteiger partial charge in [-0.05, 0) is 30.3 Å². The topological polar surface area (TPSA) is 96.4 Å². The van der Waals surface area contributed by atoms with E-state index in [0.29, 0.717) is 10.7 Å². The maximum absolute atomic E-state index is 12.1. The molecule has 0 fully saturated rings. The normalized spacial score (nSPS) is 11.3. The number of carboxylic acid groups (broad SMARTS) is 1. The lowest BCUT2D eigenvalue weighted by atomic mass is 10.2. The van der Waals surface area contributed by atoms with Crippen LogP contribution in [0.25, 0.3) is 0 Å². The summed E-state index contributed by atoms with van der Waals surface area (Å²) in [7, 11) is -3.74. The smallest absolute Gasteiger partial charge is 0.335 e. The number of sulfonamides is 1. The Hall–Kier alpha value is -1.96. The first kappa shape index (κ1) is 15.4. The molecule has 2 N–H and O–H groups in total. The molecule has 110 valence electrons. The quantitative estimate of drug-likeness (QED) is 0.875. The number of nitrogens with one attached hydrogen (secondary N) is 1. The molecule has 2 aromatic rings. The van der Waals surface area contributed by atoms with Crippen molar-refractivity contribution in [2.75, 3.05) is 0 Å². The molecule has 0 amide bonds. The average Bonchev–Trinajstić information content (AvgIpc) is 2.45. The van der Waals surface area contributed by atoms with Crippen LogP contribution in [0, 0.1) is 0 Å². The summed E-state index contributed by atoms with van der Waals surface area (Å²) in [4.78, 5) is 14.8.